The minimum absolute atomic E-state index is 0.0392. The zero-order valence-corrected chi connectivity index (χ0v) is 14.1. The summed E-state index contributed by atoms with van der Waals surface area (Å²) in [4.78, 5) is 13.0. The molecule has 0 atom stereocenters. The Hall–Kier alpha value is -2.41. The first-order valence-corrected chi connectivity index (χ1v) is 8.94. The quantitative estimate of drug-likeness (QED) is 0.854. The van der Waals surface area contributed by atoms with Crippen LogP contribution in [0.2, 0.25) is 0 Å². The molecule has 0 spiro atoms. The van der Waals surface area contributed by atoms with Gasteiger partial charge in [-0.15, -0.1) is 0 Å². The number of fused-ring (bicyclic) bond motifs is 1. The lowest BCUT2D eigenvalue weighted by molar-refractivity contribution is 0.143. The topological polar surface area (TPSA) is 63.7 Å². The van der Waals surface area contributed by atoms with E-state index in [4.69, 9.17) is 4.74 Å². The second-order valence-electron chi connectivity index (χ2n) is 5.75. The van der Waals surface area contributed by atoms with Crippen molar-refractivity contribution in [3.8, 4) is 0 Å². The van der Waals surface area contributed by atoms with Gasteiger partial charge in [0.1, 0.15) is 12.4 Å². The molecule has 0 fully saturated rings. The maximum Gasteiger partial charge on any atom is 0.414 e. The van der Waals surface area contributed by atoms with E-state index in [0.29, 0.717) is 22.4 Å². The predicted octanol–water partition coefficient (Wildman–Crippen LogP) is 3.19. The number of anilines is 1. The Morgan fingerprint density at radius 3 is 2.67 bits per heavy atom. The van der Waals surface area contributed by atoms with Crippen LogP contribution in [0.4, 0.5) is 14.9 Å². The summed E-state index contributed by atoms with van der Waals surface area (Å²) in [5.41, 5.74) is 2.19. The third-order valence-electron chi connectivity index (χ3n) is 3.98. The van der Waals surface area contributed by atoms with Crippen LogP contribution in [0.5, 0.6) is 0 Å². The fraction of sp³-hybridized carbons (Fsp3) is 0.235. The number of nitrogens with zero attached hydrogens (tertiary/aromatic N) is 1. The number of ether oxygens (including phenoxy) is 1. The smallest absolute Gasteiger partial charge is 0.414 e. The highest BCUT2D eigenvalue weighted by atomic mass is 32.2. The van der Waals surface area contributed by atoms with E-state index in [9.17, 15) is 17.6 Å². The number of benzene rings is 2. The Morgan fingerprint density at radius 1 is 1.21 bits per heavy atom. The predicted molar refractivity (Wildman–Crippen MR) is 87.1 cm³/mol. The maximum atomic E-state index is 13.3. The minimum atomic E-state index is -3.59. The molecule has 7 heteroatoms. The molecule has 1 aliphatic rings. The summed E-state index contributed by atoms with van der Waals surface area (Å²) >= 11 is 0. The molecule has 0 aromatic heterocycles. The van der Waals surface area contributed by atoms with Gasteiger partial charge >= 0.3 is 6.09 Å². The van der Waals surface area contributed by atoms with Gasteiger partial charge in [0.15, 0.2) is 9.84 Å². The third-order valence-corrected chi connectivity index (χ3v) is 5.66. The van der Waals surface area contributed by atoms with Gasteiger partial charge in [-0.1, -0.05) is 12.1 Å². The van der Waals surface area contributed by atoms with Crippen LogP contribution in [0.25, 0.3) is 0 Å². The van der Waals surface area contributed by atoms with E-state index in [1.807, 2.05) is 0 Å². The second kappa shape index (κ2) is 5.90. The van der Waals surface area contributed by atoms with Gasteiger partial charge in [-0.25, -0.2) is 17.6 Å². The lowest BCUT2D eigenvalue weighted by Crippen LogP contribution is -2.31. The molecular formula is C17H16FNO4S. The largest absolute Gasteiger partial charge is 0.444 e. The van der Waals surface area contributed by atoms with Gasteiger partial charge in [-0.05, 0) is 42.3 Å². The average Bonchev–Trinajstić information content (AvgIpc) is 2.54. The van der Waals surface area contributed by atoms with Crippen molar-refractivity contribution in [1.29, 1.82) is 0 Å². The number of hydrogen-bond donors (Lipinski definition) is 0. The molecule has 5 nitrogen and oxygen atoms in total. The number of cyclic esters (lactones) is 1. The number of amides is 1. The van der Waals surface area contributed by atoms with Crippen molar-refractivity contribution < 1.29 is 22.3 Å². The van der Waals surface area contributed by atoms with Crippen molar-refractivity contribution in [3.05, 3.63) is 58.9 Å². The molecule has 0 saturated carbocycles. The summed E-state index contributed by atoms with van der Waals surface area (Å²) in [6.45, 7) is 1.63. The highest BCUT2D eigenvalue weighted by Crippen LogP contribution is 2.29. The highest BCUT2D eigenvalue weighted by Gasteiger charge is 2.25. The van der Waals surface area contributed by atoms with E-state index < -0.39 is 15.9 Å². The fourth-order valence-electron chi connectivity index (χ4n) is 2.63. The van der Waals surface area contributed by atoms with Gasteiger partial charge in [-0.2, -0.15) is 0 Å². The average molecular weight is 349 g/mol. The molecule has 0 saturated heterocycles. The Balaban J connectivity index is 1.93. The van der Waals surface area contributed by atoms with Gasteiger partial charge in [-0.3, -0.25) is 4.90 Å². The van der Waals surface area contributed by atoms with Crippen molar-refractivity contribution in [2.45, 2.75) is 24.2 Å². The summed E-state index contributed by atoms with van der Waals surface area (Å²) in [5, 5.41) is 0. The molecule has 2 aromatic carbocycles. The minimum Gasteiger partial charge on any atom is -0.444 e. The van der Waals surface area contributed by atoms with Gasteiger partial charge in [0.05, 0.1) is 16.3 Å². The van der Waals surface area contributed by atoms with Crippen LogP contribution in [0.15, 0.2) is 41.3 Å². The Kier molecular flexibility index (Phi) is 4.04. The van der Waals surface area contributed by atoms with Crippen molar-refractivity contribution in [3.63, 3.8) is 0 Å². The van der Waals surface area contributed by atoms with Crippen LogP contribution < -0.4 is 4.90 Å². The van der Waals surface area contributed by atoms with Gasteiger partial charge in [0.2, 0.25) is 0 Å². The molecule has 0 bridgehead atoms. The first kappa shape index (κ1) is 16.4. The first-order chi connectivity index (χ1) is 11.3. The number of halogens is 1. The molecule has 0 unspecified atom stereocenters. The Bertz CT molecular complexity index is 924. The molecule has 126 valence electrons. The van der Waals surface area contributed by atoms with E-state index in [1.54, 1.807) is 20.0 Å². The van der Waals surface area contributed by atoms with Gasteiger partial charge < -0.3 is 4.74 Å². The molecule has 0 aliphatic carbocycles. The molecule has 1 amide bonds. The molecule has 24 heavy (non-hydrogen) atoms. The Morgan fingerprint density at radius 2 is 1.96 bits per heavy atom. The fourth-order valence-corrected chi connectivity index (χ4v) is 4.01. The van der Waals surface area contributed by atoms with Gasteiger partial charge in [0, 0.05) is 12.6 Å². The van der Waals surface area contributed by atoms with Crippen molar-refractivity contribution in [2.75, 3.05) is 11.9 Å². The van der Waals surface area contributed by atoms with Gasteiger partial charge in [0.25, 0.3) is 0 Å². The van der Waals surface area contributed by atoms with Crippen LogP contribution in [0, 0.1) is 12.7 Å². The SMILES string of the molecule is Cc1cc(CS(=O)(=O)c2ccc3c(c2)COC(=O)N3C)ccc1F. The number of sulfone groups is 1. The van der Waals surface area contributed by atoms with E-state index in [1.165, 1.54) is 35.2 Å². The Labute approximate surface area is 139 Å². The summed E-state index contributed by atoms with van der Waals surface area (Å²) in [7, 11) is -2.02. The highest BCUT2D eigenvalue weighted by molar-refractivity contribution is 7.90. The van der Waals surface area contributed by atoms with Crippen LogP contribution in [0.1, 0.15) is 16.7 Å². The summed E-state index contributed by atoms with van der Waals surface area (Å²) in [5.74, 6) is -0.586. The van der Waals surface area contributed by atoms with Crippen LogP contribution in [0.3, 0.4) is 0 Å². The molecular weight excluding hydrogens is 333 g/mol. The lowest BCUT2D eigenvalue weighted by atomic mass is 10.1. The monoisotopic (exact) mass is 349 g/mol. The van der Waals surface area contributed by atoms with E-state index in [-0.39, 0.29) is 23.1 Å². The maximum absolute atomic E-state index is 13.3. The number of aryl methyl sites for hydroxylation is 1. The summed E-state index contributed by atoms with van der Waals surface area (Å²) in [6.07, 6.45) is -0.472. The van der Waals surface area contributed by atoms with Crippen molar-refractivity contribution in [2.24, 2.45) is 0 Å². The summed E-state index contributed by atoms with van der Waals surface area (Å²) in [6, 6.07) is 8.85. The molecule has 1 heterocycles. The third kappa shape index (κ3) is 2.99. The first-order valence-electron chi connectivity index (χ1n) is 7.29. The molecule has 1 aliphatic heterocycles. The number of carbonyl (C=O) groups excluding carboxylic acids is 1. The zero-order valence-electron chi connectivity index (χ0n) is 13.2. The standard InChI is InChI=1S/C17H16FNO4S/c1-11-7-12(3-5-15(11)18)10-24(21,22)14-4-6-16-13(8-14)9-23-17(20)19(16)2/h3-8H,9-10H2,1-2H3. The van der Waals surface area contributed by atoms with Crippen LogP contribution in [-0.4, -0.2) is 21.6 Å². The summed E-state index contributed by atoms with van der Waals surface area (Å²) < 4.78 is 43.5. The van der Waals surface area contributed by atoms with Crippen molar-refractivity contribution >= 4 is 21.6 Å². The van der Waals surface area contributed by atoms with E-state index in [0.717, 1.165) is 0 Å². The zero-order chi connectivity index (χ0) is 17.5. The molecule has 3 rings (SSSR count). The lowest BCUT2D eigenvalue weighted by Gasteiger charge is -2.25. The second-order valence-corrected chi connectivity index (χ2v) is 7.74. The van der Waals surface area contributed by atoms with Crippen LogP contribution >= 0.6 is 0 Å². The van der Waals surface area contributed by atoms with E-state index >= 15 is 0 Å². The number of carbonyl (C=O) groups is 1. The van der Waals surface area contributed by atoms with Crippen LogP contribution in [-0.2, 0) is 26.9 Å². The molecule has 2 aromatic rings. The van der Waals surface area contributed by atoms with E-state index in [2.05, 4.69) is 0 Å². The molecule has 0 N–H and O–H groups in total. The normalized spacial score (nSPS) is 14.3. The van der Waals surface area contributed by atoms with Crippen molar-refractivity contribution in [1.82, 2.24) is 0 Å². The number of hydrogen-bond acceptors (Lipinski definition) is 4. The number of rotatable bonds is 3. The molecule has 0 radical (unpaired) electrons.